The topological polar surface area (TPSA) is 84.4 Å². The van der Waals surface area contributed by atoms with Gasteiger partial charge in [-0.2, -0.15) is 0 Å². The lowest BCUT2D eigenvalue weighted by Gasteiger charge is -2.20. The lowest BCUT2D eigenvalue weighted by atomic mass is 10.00. The van der Waals surface area contributed by atoms with Crippen LogP contribution in [-0.2, 0) is 22.4 Å². The zero-order chi connectivity index (χ0) is 21.1. The molecule has 0 bridgehead atoms. The molecule has 0 spiro atoms. The fraction of sp³-hybridized carbons (Fsp3) is 0.273. The van der Waals surface area contributed by atoms with Crippen LogP contribution in [0.2, 0.25) is 0 Å². The van der Waals surface area contributed by atoms with E-state index in [0.29, 0.717) is 29.5 Å². The fourth-order valence-electron chi connectivity index (χ4n) is 3.54. The highest BCUT2D eigenvalue weighted by Gasteiger charge is 2.34. The van der Waals surface area contributed by atoms with E-state index < -0.39 is 5.92 Å². The lowest BCUT2D eigenvalue weighted by molar-refractivity contribution is -0.130. The van der Waals surface area contributed by atoms with Gasteiger partial charge in [0, 0.05) is 30.6 Å². The number of hydrogen-bond acceptors (Lipinski definition) is 6. The summed E-state index contributed by atoms with van der Waals surface area (Å²) in [4.78, 5) is 36.9. The molecule has 7 nitrogen and oxygen atoms in total. The molecular formula is C22H22N4O3S. The molecule has 1 aromatic carbocycles. The van der Waals surface area contributed by atoms with E-state index in [1.165, 1.54) is 21.8 Å². The van der Waals surface area contributed by atoms with Crippen LogP contribution in [0.4, 0.5) is 10.8 Å². The second-order valence-corrected chi connectivity index (χ2v) is 8.24. The number of anilines is 2. The van der Waals surface area contributed by atoms with Gasteiger partial charge in [-0.3, -0.25) is 9.59 Å². The van der Waals surface area contributed by atoms with E-state index in [1.54, 1.807) is 26.6 Å². The van der Waals surface area contributed by atoms with Crippen molar-refractivity contribution in [2.45, 2.75) is 19.3 Å². The largest absolute Gasteiger partial charge is 0.481 e. The molecule has 30 heavy (non-hydrogen) atoms. The van der Waals surface area contributed by atoms with Gasteiger partial charge in [0.1, 0.15) is 5.92 Å². The Kier molecular flexibility index (Phi) is 5.76. The Balaban J connectivity index is 1.45. The van der Waals surface area contributed by atoms with E-state index in [4.69, 9.17) is 4.74 Å². The van der Waals surface area contributed by atoms with Crippen molar-refractivity contribution in [2.24, 2.45) is 5.92 Å². The van der Waals surface area contributed by atoms with Gasteiger partial charge in [0.25, 0.3) is 0 Å². The normalized spacial score (nSPS) is 16.0. The third-order valence-corrected chi connectivity index (χ3v) is 6.08. The number of methoxy groups -OCH3 is 1. The molecule has 2 aromatic heterocycles. The summed E-state index contributed by atoms with van der Waals surface area (Å²) < 4.78 is 5.18. The summed E-state index contributed by atoms with van der Waals surface area (Å²) in [5, 5.41) is 3.33. The van der Waals surface area contributed by atoms with Gasteiger partial charge >= 0.3 is 0 Å². The molecule has 2 amide bonds. The van der Waals surface area contributed by atoms with Crippen molar-refractivity contribution in [1.82, 2.24) is 9.97 Å². The number of aromatic nitrogens is 2. The predicted molar refractivity (Wildman–Crippen MR) is 116 cm³/mol. The van der Waals surface area contributed by atoms with Crippen LogP contribution in [0.3, 0.4) is 0 Å². The lowest BCUT2D eigenvalue weighted by Crippen LogP contribution is -2.38. The highest BCUT2D eigenvalue weighted by molar-refractivity contribution is 7.15. The third kappa shape index (κ3) is 4.18. The molecule has 8 heteroatoms. The molecule has 1 atom stereocenters. The first-order valence-electron chi connectivity index (χ1n) is 9.65. The average Bonchev–Trinajstić information content (AvgIpc) is 3.15. The molecule has 4 rings (SSSR count). The maximum Gasteiger partial charge on any atom is 0.239 e. The molecule has 0 saturated carbocycles. The van der Waals surface area contributed by atoms with Crippen molar-refractivity contribution in [3.05, 3.63) is 64.8 Å². The Morgan fingerprint density at radius 1 is 1.27 bits per heavy atom. The molecule has 1 aliphatic heterocycles. The number of nitrogens with one attached hydrogen (secondary N) is 1. The van der Waals surface area contributed by atoms with E-state index in [1.807, 2.05) is 24.3 Å². The molecule has 0 radical (unpaired) electrons. The van der Waals surface area contributed by atoms with Crippen LogP contribution >= 0.6 is 11.3 Å². The van der Waals surface area contributed by atoms with E-state index in [-0.39, 0.29) is 11.8 Å². The standard InChI is InChI=1S/C22H22N4O3S/c1-26-18-13-23-19(29-2)11-15(18)8-9-17(21(26)28)20(27)25-22-24-12-16(30-22)10-14-6-4-3-5-7-14/h3-7,11-13,17H,8-10H2,1-2H3,(H,24,25,27)/t17-/m0/s1. The molecule has 1 N–H and O–H groups in total. The van der Waals surface area contributed by atoms with Crippen LogP contribution in [0.5, 0.6) is 5.88 Å². The second kappa shape index (κ2) is 8.62. The predicted octanol–water partition coefficient (Wildman–Crippen LogP) is 3.30. The third-order valence-electron chi connectivity index (χ3n) is 5.16. The van der Waals surface area contributed by atoms with E-state index in [2.05, 4.69) is 27.4 Å². The number of pyridine rings is 1. The molecule has 3 heterocycles. The Labute approximate surface area is 178 Å². The van der Waals surface area contributed by atoms with Crippen molar-refractivity contribution in [2.75, 3.05) is 24.4 Å². The monoisotopic (exact) mass is 422 g/mol. The summed E-state index contributed by atoms with van der Waals surface area (Å²) in [6.07, 6.45) is 5.13. The number of benzene rings is 1. The summed E-state index contributed by atoms with van der Waals surface area (Å²) in [6.45, 7) is 0. The Hall–Kier alpha value is -3.26. The summed E-state index contributed by atoms with van der Waals surface area (Å²) in [5.74, 6) is -0.874. The van der Waals surface area contributed by atoms with Gasteiger partial charge in [0.15, 0.2) is 5.13 Å². The van der Waals surface area contributed by atoms with Crippen molar-refractivity contribution in [3.8, 4) is 5.88 Å². The first-order valence-corrected chi connectivity index (χ1v) is 10.5. The van der Waals surface area contributed by atoms with Crippen molar-refractivity contribution in [3.63, 3.8) is 0 Å². The van der Waals surface area contributed by atoms with Crippen LogP contribution in [0, 0.1) is 5.92 Å². The zero-order valence-electron chi connectivity index (χ0n) is 16.8. The minimum Gasteiger partial charge on any atom is -0.481 e. The van der Waals surface area contributed by atoms with Gasteiger partial charge in [0.05, 0.1) is 19.0 Å². The average molecular weight is 423 g/mol. The van der Waals surface area contributed by atoms with Crippen LogP contribution in [0.25, 0.3) is 0 Å². The van der Waals surface area contributed by atoms with Gasteiger partial charge in [-0.05, 0) is 24.0 Å². The van der Waals surface area contributed by atoms with Crippen LogP contribution in [-0.4, -0.2) is 35.9 Å². The number of aryl methyl sites for hydroxylation is 1. The highest BCUT2D eigenvalue weighted by Crippen LogP contribution is 2.31. The smallest absolute Gasteiger partial charge is 0.239 e. The summed E-state index contributed by atoms with van der Waals surface area (Å²) in [5.41, 5.74) is 2.82. The van der Waals surface area contributed by atoms with Crippen molar-refractivity contribution in [1.29, 1.82) is 0 Å². The highest BCUT2D eigenvalue weighted by atomic mass is 32.1. The molecule has 0 unspecified atom stereocenters. The van der Waals surface area contributed by atoms with Gasteiger partial charge in [0.2, 0.25) is 17.7 Å². The molecule has 0 fully saturated rings. The van der Waals surface area contributed by atoms with Gasteiger partial charge < -0.3 is 15.0 Å². The number of thiazole rings is 1. The van der Waals surface area contributed by atoms with Crippen molar-refractivity contribution < 1.29 is 14.3 Å². The van der Waals surface area contributed by atoms with E-state index >= 15 is 0 Å². The SMILES string of the molecule is COc1cc2c(cn1)N(C)C(=O)[C@H](C(=O)Nc1ncc(Cc3ccccc3)s1)CC2. The number of carbonyl (C=O) groups excluding carboxylic acids is 2. The molecule has 154 valence electrons. The van der Waals surface area contributed by atoms with Gasteiger partial charge in [-0.25, -0.2) is 9.97 Å². The zero-order valence-corrected chi connectivity index (χ0v) is 17.6. The second-order valence-electron chi connectivity index (χ2n) is 7.13. The number of carbonyl (C=O) groups is 2. The fourth-order valence-corrected chi connectivity index (χ4v) is 4.39. The molecular weight excluding hydrogens is 400 g/mol. The van der Waals surface area contributed by atoms with E-state index in [0.717, 1.165) is 16.9 Å². The van der Waals surface area contributed by atoms with Crippen LogP contribution in [0.1, 0.15) is 22.4 Å². The maximum absolute atomic E-state index is 12.9. The van der Waals surface area contributed by atoms with Crippen LogP contribution in [0.15, 0.2) is 48.8 Å². The summed E-state index contributed by atoms with van der Waals surface area (Å²) in [7, 11) is 3.22. The van der Waals surface area contributed by atoms with Gasteiger partial charge in [-0.1, -0.05) is 30.3 Å². The van der Waals surface area contributed by atoms with E-state index in [9.17, 15) is 9.59 Å². The first-order chi connectivity index (χ1) is 14.5. The minimum atomic E-state index is -0.783. The maximum atomic E-state index is 12.9. The Bertz CT molecular complexity index is 1070. The number of hydrogen-bond donors (Lipinski definition) is 1. The minimum absolute atomic E-state index is 0.251. The molecule has 3 aromatic rings. The first kappa shape index (κ1) is 20.0. The number of rotatable bonds is 5. The number of nitrogens with zero attached hydrogens (tertiary/aromatic N) is 3. The Morgan fingerprint density at radius 3 is 2.83 bits per heavy atom. The van der Waals surface area contributed by atoms with Crippen molar-refractivity contribution >= 4 is 34.0 Å². The molecule has 0 aliphatic carbocycles. The number of amides is 2. The number of fused-ring (bicyclic) bond motifs is 1. The Morgan fingerprint density at radius 2 is 2.07 bits per heavy atom. The summed E-state index contributed by atoms with van der Waals surface area (Å²) in [6, 6.07) is 11.9. The molecule has 0 saturated heterocycles. The summed E-state index contributed by atoms with van der Waals surface area (Å²) >= 11 is 1.43. The molecule has 1 aliphatic rings. The quantitative estimate of drug-likeness (QED) is 0.638. The van der Waals surface area contributed by atoms with Crippen LogP contribution < -0.4 is 15.0 Å². The number of ether oxygens (including phenoxy) is 1. The van der Waals surface area contributed by atoms with Gasteiger partial charge in [-0.15, -0.1) is 11.3 Å².